The third kappa shape index (κ3) is 6.20. The maximum absolute atomic E-state index is 13.6. The van der Waals surface area contributed by atoms with Crippen LogP contribution in [0.3, 0.4) is 0 Å². The molecule has 0 aliphatic heterocycles. The summed E-state index contributed by atoms with van der Waals surface area (Å²) in [7, 11) is 0. The number of nitrogens with one attached hydrogen (secondary N) is 1. The van der Waals surface area contributed by atoms with Gasteiger partial charge in [0.1, 0.15) is 5.82 Å². The molecule has 3 nitrogen and oxygen atoms in total. The Kier molecular flexibility index (Phi) is 8.22. The van der Waals surface area contributed by atoms with Crippen LogP contribution in [0.2, 0.25) is 5.02 Å². The Hall–Kier alpha value is -0.840. The van der Waals surface area contributed by atoms with Gasteiger partial charge in [-0.05, 0) is 31.4 Å². The molecule has 0 saturated heterocycles. The first kappa shape index (κ1) is 20.2. The van der Waals surface area contributed by atoms with Crippen molar-refractivity contribution in [2.24, 2.45) is 11.7 Å². The summed E-state index contributed by atoms with van der Waals surface area (Å²) in [5.74, 6) is -0.336. The number of halogens is 3. The molecule has 1 aromatic carbocycles. The molecular weight excluding hydrogens is 314 g/mol. The number of hydrogen-bond acceptors (Lipinski definition) is 2. The van der Waals surface area contributed by atoms with Crippen LogP contribution in [-0.4, -0.2) is 18.0 Å². The number of hydrogen-bond donors (Lipinski definition) is 2. The van der Waals surface area contributed by atoms with Crippen LogP contribution in [0.1, 0.15) is 32.8 Å². The van der Waals surface area contributed by atoms with E-state index in [0.717, 1.165) is 6.42 Å². The van der Waals surface area contributed by atoms with Crippen molar-refractivity contribution in [2.45, 2.75) is 39.2 Å². The smallest absolute Gasteiger partial charge is 0.225 e. The van der Waals surface area contributed by atoms with E-state index in [1.165, 1.54) is 12.1 Å². The highest BCUT2D eigenvalue weighted by Gasteiger charge is 2.26. The maximum Gasteiger partial charge on any atom is 0.225 e. The fraction of sp³-hybridized carbons (Fsp3) is 0.533. The lowest BCUT2D eigenvalue weighted by Gasteiger charge is -2.31. The monoisotopic (exact) mass is 336 g/mol. The van der Waals surface area contributed by atoms with Gasteiger partial charge in [-0.15, -0.1) is 12.4 Å². The number of carbonyl (C=O) groups excluding carboxylic acids is 1. The van der Waals surface area contributed by atoms with E-state index in [4.69, 9.17) is 17.3 Å². The summed E-state index contributed by atoms with van der Waals surface area (Å²) in [4.78, 5) is 12.1. The quantitative estimate of drug-likeness (QED) is 0.837. The van der Waals surface area contributed by atoms with E-state index in [1.54, 1.807) is 6.07 Å². The van der Waals surface area contributed by atoms with Crippen molar-refractivity contribution in [1.82, 2.24) is 5.32 Å². The van der Waals surface area contributed by atoms with Crippen LogP contribution >= 0.6 is 24.0 Å². The Morgan fingerprint density at radius 1 is 1.48 bits per heavy atom. The summed E-state index contributed by atoms with van der Waals surface area (Å²) in [6.45, 7) is 6.36. The molecule has 0 radical (unpaired) electrons. The van der Waals surface area contributed by atoms with Gasteiger partial charge < -0.3 is 11.1 Å². The fourth-order valence-corrected chi connectivity index (χ4v) is 2.56. The second-order valence-corrected chi connectivity index (χ2v) is 6.20. The van der Waals surface area contributed by atoms with Crippen LogP contribution < -0.4 is 11.1 Å². The Labute approximate surface area is 136 Å². The molecule has 3 N–H and O–H groups in total. The Morgan fingerprint density at radius 2 is 2.10 bits per heavy atom. The molecule has 1 rings (SSSR count). The Bertz CT molecular complexity index is 462. The van der Waals surface area contributed by atoms with E-state index in [2.05, 4.69) is 19.2 Å². The van der Waals surface area contributed by atoms with E-state index in [0.29, 0.717) is 12.5 Å². The Balaban J connectivity index is 0.00000400. The topological polar surface area (TPSA) is 55.1 Å². The van der Waals surface area contributed by atoms with Crippen LogP contribution in [0.5, 0.6) is 0 Å². The third-order valence-electron chi connectivity index (χ3n) is 3.15. The van der Waals surface area contributed by atoms with Gasteiger partial charge >= 0.3 is 0 Å². The lowest BCUT2D eigenvalue weighted by Crippen LogP contribution is -2.52. The first-order valence-electron chi connectivity index (χ1n) is 6.71. The summed E-state index contributed by atoms with van der Waals surface area (Å²) in [6, 6.07) is 4.38. The minimum Gasteiger partial charge on any atom is -0.349 e. The van der Waals surface area contributed by atoms with Gasteiger partial charge in [0.15, 0.2) is 0 Å². The Morgan fingerprint density at radius 3 is 2.57 bits per heavy atom. The van der Waals surface area contributed by atoms with E-state index in [1.807, 2.05) is 6.92 Å². The highest BCUT2D eigenvalue weighted by atomic mass is 35.5. The van der Waals surface area contributed by atoms with Gasteiger partial charge in [0.05, 0.1) is 6.42 Å². The summed E-state index contributed by atoms with van der Waals surface area (Å²) >= 11 is 5.92. The van der Waals surface area contributed by atoms with E-state index >= 15 is 0 Å². The van der Waals surface area contributed by atoms with Gasteiger partial charge in [0.2, 0.25) is 5.91 Å². The first-order chi connectivity index (χ1) is 9.27. The molecule has 21 heavy (non-hydrogen) atoms. The summed E-state index contributed by atoms with van der Waals surface area (Å²) in [5, 5.41) is 3.15. The van der Waals surface area contributed by atoms with Crippen LogP contribution in [-0.2, 0) is 11.2 Å². The molecule has 0 aliphatic rings. The fourth-order valence-electron chi connectivity index (χ4n) is 2.33. The van der Waals surface area contributed by atoms with Gasteiger partial charge in [0, 0.05) is 22.7 Å². The molecule has 0 bridgehead atoms. The number of benzene rings is 1. The molecule has 120 valence electrons. The minimum absolute atomic E-state index is 0. The van der Waals surface area contributed by atoms with Gasteiger partial charge in [-0.3, -0.25) is 4.79 Å². The molecule has 6 heteroatoms. The zero-order valence-corrected chi connectivity index (χ0v) is 14.2. The van der Waals surface area contributed by atoms with Crippen molar-refractivity contribution < 1.29 is 9.18 Å². The van der Waals surface area contributed by atoms with Crippen molar-refractivity contribution >= 4 is 29.9 Å². The van der Waals surface area contributed by atoms with E-state index < -0.39 is 11.4 Å². The molecule has 0 spiro atoms. The number of rotatable bonds is 6. The predicted octanol–water partition coefficient (Wildman–Crippen LogP) is 3.32. The second-order valence-electron chi connectivity index (χ2n) is 5.79. The van der Waals surface area contributed by atoms with Gasteiger partial charge in [-0.25, -0.2) is 4.39 Å². The van der Waals surface area contributed by atoms with Gasteiger partial charge in [-0.1, -0.05) is 31.5 Å². The molecule has 1 amide bonds. The van der Waals surface area contributed by atoms with Crippen molar-refractivity contribution in [3.8, 4) is 0 Å². The van der Waals surface area contributed by atoms with Crippen molar-refractivity contribution in [3.63, 3.8) is 0 Å². The molecule has 0 saturated carbocycles. The SMILES string of the molecule is CC(C)CC(C)(CN)NC(=O)Cc1c(F)cccc1Cl.Cl. The molecule has 1 atom stereocenters. The van der Waals surface area contributed by atoms with Gasteiger partial charge in [0.25, 0.3) is 0 Å². The predicted molar refractivity (Wildman–Crippen MR) is 87.4 cm³/mol. The molecule has 0 aromatic heterocycles. The average molecular weight is 337 g/mol. The summed E-state index contributed by atoms with van der Waals surface area (Å²) < 4.78 is 13.6. The molecular formula is C15H23Cl2FN2O. The van der Waals surface area contributed by atoms with Crippen LogP contribution in [0, 0.1) is 11.7 Å². The summed E-state index contributed by atoms with van der Waals surface area (Å²) in [6.07, 6.45) is 0.680. The van der Waals surface area contributed by atoms with Crippen LogP contribution in [0.25, 0.3) is 0 Å². The standard InChI is InChI=1S/C15H22ClFN2O.ClH/c1-10(2)8-15(3,9-18)19-14(20)7-11-12(16)5-4-6-13(11)17;/h4-6,10H,7-9,18H2,1-3H3,(H,19,20);1H. The lowest BCUT2D eigenvalue weighted by atomic mass is 9.90. The van der Waals surface area contributed by atoms with E-state index in [9.17, 15) is 9.18 Å². The van der Waals surface area contributed by atoms with Crippen molar-refractivity contribution in [1.29, 1.82) is 0 Å². The molecule has 0 aliphatic carbocycles. The van der Waals surface area contributed by atoms with Crippen molar-refractivity contribution in [3.05, 3.63) is 34.6 Å². The summed E-state index contributed by atoms with van der Waals surface area (Å²) in [5.41, 5.74) is 5.48. The first-order valence-corrected chi connectivity index (χ1v) is 7.09. The van der Waals surface area contributed by atoms with Crippen LogP contribution in [0.4, 0.5) is 4.39 Å². The number of amides is 1. The number of nitrogens with two attached hydrogens (primary N) is 1. The van der Waals surface area contributed by atoms with Crippen molar-refractivity contribution in [2.75, 3.05) is 6.54 Å². The molecule has 0 fully saturated rings. The lowest BCUT2D eigenvalue weighted by molar-refractivity contribution is -0.122. The zero-order valence-electron chi connectivity index (χ0n) is 12.6. The normalized spacial score (nSPS) is 13.5. The maximum atomic E-state index is 13.6. The molecule has 1 unspecified atom stereocenters. The third-order valence-corrected chi connectivity index (χ3v) is 3.50. The second kappa shape index (κ2) is 8.57. The highest BCUT2D eigenvalue weighted by molar-refractivity contribution is 6.31. The minimum atomic E-state index is -0.483. The average Bonchev–Trinajstić information content (AvgIpc) is 2.33. The molecule has 0 heterocycles. The highest BCUT2D eigenvalue weighted by Crippen LogP contribution is 2.20. The zero-order chi connectivity index (χ0) is 15.3. The molecule has 1 aromatic rings. The largest absolute Gasteiger partial charge is 0.349 e. The van der Waals surface area contributed by atoms with Gasteiger partial charge in [-0.2, -0.15) is 0 Å². The number of carbonyl (C=O) groups is 1. The van der Waals surface area contributed by atoms with E-state index in [-0.39, 0.29) is 35.3 Å². The van der Waals surface area contributed by atoms with Crippen LogP contribution in [0.15, 0.2) is 18.2 Å².